The molecule has 2 aromatic rings. The number of amides is 1. The van der Waals surface area contributed by atoms with Crippen LogP contribution in [-0.4, -0.2) is 25.7 Å². The fourth-order valence-corrected chi connectivity index (χ4v) is 2.62. The standard InChI is InChI=1S/C19H23ClN2O2/c1-13-9-10-16(11-17(13)20)22-19(23)18(21-14(2)12-24-3)15-7-5-4-6-8-15/h4-11,14,18,21H,12H2,1-3H3,(H,22,23)/t14-,18-/m1/s1. The van der Waals surface area contributed by atoms with Crippen LogP contribution in [0.2, 0.25) is 5.02 Å². The Balaban J connectivity index is 2.18. The average Bonchev–Trinajstić information content (AvgIpc) is 2.57. The van der Waals surface area contributed by atoms with Gasteiger partial charge in [0, 0.05) is 23.9 Å². The van der Waals surface area contributed by atoms with Gasteiger partial charge in [-0.1, -0.05) is 48.0 Å². The van der Waals surface area contributed by atoms with Crippen LogP contribution in [0, 0.1) is 6.92 Å². The predicted octanol–water partition coefficient (Wildman–Crippen LogP) is 3.95. The van der Waals surface area contributed by atoms with Crippen LogP contribution in [0.1, 0.15) is 24.1 Å². The fraction of sp³-hybridized carbons (Fsp3) is 0.316. The number of carbonyl (C=O) groups is 1. The van der Waals surface area contributed by atoms with Crippen molar-refractivity contribution in [2.75, 3.05) is 19.0 Å². The van der Waals surface area contributed by atoms with E-state index in [0.29, 0.717) is 17.3 Å². The molecule has 128 valence electrons. The van der Waals surface area contributed by atoms with Crippen molar-refractivity contribution >= 4 is 23.2 Å². The summed E-state index contributed by atoms with van der Waals surface area (Å²) >= 11 is 6.14. The highest BCUT2D eigenvalue weighted by atomic mass is 35.5. The lowest BCUT2D eigenvalue weighted by molar-refractivity contribution is -0.118. The second kappa shape index (κ2) is 8.83. The highest BCUT2D eigenvalue weighted by molar-refractivity contribution is 6.31. The van der Waals surface area contributed by atoms with Gasteiger partial charge in [-0.2, -0.15) is 0 Å². The topological polar surface area (TPSA) is 50.4 Å². The van der Waals surface area contributed by atoms with Crippen LogP contribution in [0.25, 0.3) is 0 Å². The molecule has 5 heteroatoms. The van der Waals surface area contributed by atoms with Gasteiger partial charge in [0.25, 0.3) is 0 Å². The Hall–Kier alpha value is -1.88. The molecule has 0 spiro atoms. The summed E-state index contributed by atoms with van der Waals surface area (Å²) in [7, 11) is 1.64. The van der Waals surface area contributed by atoms with Crippen molar-refractivity contribution in [1.82, 2.24) is 5.32 Å². The number of methoxy groups -OCH3 is 1. The molecule has 0 aliphatic rings. The lowest BCUT2D eigenvalue weighted by Gasteiger charge is -2.23. The van der Waals surface area contributed by atoms with E-state index in [9.17, 15) is 4.79 Å². The van der Waals surface area contributed by atoms with Gasteiger partial charge in [0.2, 0.25) is 5.91 Å². The van der Waals surface area contributed by atoms with Crippen LogP contribution < -0.4 is 10.6 Å². The van der Waals surface area contributed by atoms with E-state index in [-0.39, 0.29) is 11.9 Å². The third-order valence-corrected chi connectivity index (χ3v) is 4.11. The first-order chi connectivity index (χ1) is 11.5. The Morgan fingerprint density at radius 2 is 1.92 bits per heavy atom. The molecule has 2 rings (SSSR count). The van der Waals surface area contributed by atoms with Crippen LogP contribution in [0.15, 0.2) is 48.5 Å². The van der Waals surface area contributed by atoms with E-state index in [4.69, 9.17) is 16.3 Å². The number of ether oxygens (including phenoxy) is 1. The van der Waals surface area contributed by atoms with Gasteiger partial charge in [0.15, 0.2) is 0 Å². The Morgan fingerprint density at radius 3 is 2.54 bits per heavy atom. The quantitative estimate of drug-likeness (QED) is 0.798. The summed E-state index contributed by atoms with van der Waals surface area (Å²) in [4.78, 5) is 12.8. The molecule has 0 aliphatic heterocycles. The highest BCUT2D eigenvalue weighted by Gasteiger charge is 2.22. The van der Waals surface area contributed by atoms with E-state index in [2.05, 4.69) is 10.6 Å². The monoisotopic (exact) mass is 346 g/mol. The van der Waals surface area contributed by atoms with Crippen molar-refractivity contribution in [3.05, 3.63) is 64.7 Å². The summed E-state index contributed by atoms with van der Waals surface area (Å²) in [5.41, 5.74) is 2.55. The molecule has 0 saturated carbocycles. The molecule has 0 unspecified atom stereocenters. The molecule has 0 radical (unpaired) electrons. The average molecular weight is 347 g/mol. The Kier molecular flexibility index (Phi) is 6.79. The van der Waals surface area contributed by atoms with Gasteiger partial charge < -0.3 is 10.1 Å². The second-order valence-electron chi connectivity index (χ2n) is 5.82. The number of benzene rings is 2. The zero-order valence-corrected chi connectivity index (χ0v) is 14.9. The van der Waals surface area contributed by atoms with Crippen molar-refractivity contribution < 1.29 is 9.53 Å². The number of rotatable bonds is 7. The van der Waals surface area contributed by atoms with Gasteiger partial charge in [0.05, 0.1) is 6.61 Å². The maximum Gasteiger partial charge on any atom is 0.246 e. The molecule has 0 heterocycles. The number of carbonyl (C=O) groups excluding carboxylic acids is 1. The third kappa shape index (κ3) is 5.06. The Labute approximate surface area is 148 Å². The van der Waals surface area contributed by atoms with Crippen LogP contribution in [-0.2, 0) is 9.53 Å². The van der Waals surface area contributed by atoms with Crippen LogP contribution in [0.3, 0.4) is 0 Å². The number of hydrogen-bond donors (Lipinski definition) is 2. The SMILES string of the molecule is COC[C@@H](C)N[C@@H](C(=O)Nc1ccc(C)c(Cl)c1)c1ccccc1. The van der Waals surface area contributed by atoms with Gasteiger partial charge >= 0.3 is 0 Å². The lowest BCUT2D eigenvalue weighted by atomic mass is 10.0. The van der Waals surface area contributed by atoms with E-state index in [0.717, 1.165) is 11.1 Å². The second-order valence-corrected chi connectivity index (χ2v) is 6.23. The van der Waals surface area contributed by atoms with Gasteiger partial charge in [-0.3, -0.25) is 10.1 Å². The summed E-state index contributed by atoms with van der Waals surface area (Å²) < 4.78 is 5.16. The molecule has 0 bridgehead atoms. The summed E-state index contributed by atoms with van der Waals surface area (Å²) in [6.45, 7) is 4.43. The Bertz CT molecular complexity index is 676. The van der Waals surface area contributed by atoms with Crippen molar-refractivity contribution in [3.8, 4) is 0 Å². The van der Waals surface area contributed by atoms with Gasteiger partial charge in [-0.15, -0.1) is 0 Å². The molecule has 2 N–H and O–H groups in total. The van der Waals surface area contributed by atoms with Gasteiger partial charge in [0.1, 0.15) is 6.04 Å². The maximum absolute atomic E-state index is 12.8. The summed E-state index contributed by atoms with van der Waals surface area (Å²) in [6, 6.07) is 14.7. The molecule has 0 aliphatic carbocycles. The van der Waals surface area contributed by atoms with Gasteiger partial charge in [-0.25, -0.2) is 0 Å². The van der Waals surface area contributed by atoms with E-state index < -0.39 is 6.04 Å². The first-order valence-electron chi connectivity index (χ1n) is 7.88. The summed E-state index contributed by atoms with van der Waals surface area (Å²) in [5.74, 6) is -0.135. The van der Waals surface area contributed by atoms with Crippen LogP contribution >= 0.6 is 11.6 Å². The number of hydrogen-bond acceptors (Lipinski definition) is 3. The first kappa shape index (κ1) is 18.5. The molecule has 2 aromatic carbocycles. The fourth-order valence-electron chi connectivity index (χ4n) is 2.44. The number of anilines is 1. The van der Waals surface area contributed by atoms with Crippen molar-refractivity contribution in [2.45, 2.75) is 25.9 Å². The van der Waals surface area contributed by atoms with E-state index in [1.54, 1.807) is 13.2 Å². The number of halogens is 1. The zero-order chi connectivity index (χ0) is 17.5. The number of nitrogens with one attached hydrogen (secondary N) is 2. The van der Waals surface area contributed by atoms with Crippen molar-refractivity contribution in [2.24, 2.45) is 0 Å². The highest BCUT2D eigenvalue weighted by Crippen LogP contribution is 2.22. The molecule has 4 nitrogen and oxygen atoms in total. The first-order valence-corrected chi connectivity index (χ1v) is 8.26. The molecular weight excluding hydrogens is 324 g/mol. The lowest BCUT2D eigenvalue weighted by Crippen LogP contribution is -2.40. The predicted molar refractivity (Wildman–Crippen MR) is 98.5 cm³/mol. The molecule has 0 fully saturated rings. The largest absolute Gasteiger partial charge is 0.383 e. The van der Waals surface area contributed by atoms with E-state index in [1.165, 1.54) is 0 Å². The summed E-state index contributed by atoms with van der Waals surface area (Å²) in [5, 5.41) is 6.87. The van der Waals surface area contributed by atoms with E-state index in [1.807, 2.05) is 56.3 Å². The minimum Gasteiger partial charge on any atom is -0.383 e. The normalized spacial score (nSPS) is 13.3. The minimum atomic E-state index is -0.476. The molecule has 1 amide bonds. The molecule has 24 heavy (non-hydrogen) atoms. The molecule has 0 aromatic heterocycles. The Morgan fingerprint density at radius 1 is 1.21 bits per heavy atom. The van der Waals surface area contributed by atoms with Crippen LogP contribution in [0.5, 0.6) is 0 Å². The zero-order valence-electron chi connectivity index (χ0n) is 14.2. The van der Waals surface area contributed by atoms with Gasteiger partial charge in [-0.05, 0) is 37.1 Å². The van der Waals surface area contributed by atoms with Crippen molar-refractivity contribution in [1.29, 1.82) is 0 Å². The molecule has 0 saturated heterocycles. The maximum atomic E-state index is 12.8. The van der Waals surface area contributed by atoms with E-state index >= 15 is 0 Å². The number of aryl methyl sites for hydroxylation is 1. The molecule has 2 atom stereocenters. The third-order valence-electron chi connectivity index (χ3n) is 3.70. The van der Waals surface area contributed by atoms with Crippen molar-refractivity contribution in [3.63, 3.8) is 0 Å². The van der Waals surface area contributed by atoms with Crippen LogP contribution in [0.4, 0.5) is 5.69 Å². The minimum absolute atomic E-state index is 0.0348. The molecular formula is C19H23ClN2O2. The summed E-state index contributed by atoms with van der Waals surface area (Å²) in [6.07, 6.45) is 0. The smallest absolute Gasteiger partial charge is 0.246 e.